The van der Waals surface area contributed by atoms with Gasteiger partial charge in [-0.05, 0) is 37.6 Å². The number of nitrogens with zero attached hydrogens (tertiary/aromatic N) is 2. The molecule has 1 N–H and O–H groups in total. The first kappa shape index (κ1) is 15.4. The van der Waals surface area contributed by atoms with Crippen molar-refractivity contribution in [2.75, 3.05) is 11.9 Å². The van der Waals surface area contributed by atoms with Crippen LogP contribution in [-0.4, -0.2) is 22.4 Å². The summed E-state index contributed by atoms with van der Waals surface area (Å²) < 4.78 is 5.18. The number of hydrogen-bond donors (Lipinski definition) is 1. The van der Waals surface area contributed by atoms with Crippen LogP contribution in [0.4, 0.5) is 11.5 Å². The van der Waals surface area contributed by atoms with Crippen LogP contribution in [0.15, 0.2) is 36.5 Å². The fraction of sp³-hybridized carbons (Fsp3) is 0.200. The quantitative estimate of drug-likeness (QED) is 0.676. The Kier molecular flexibility index (Phi) is 4.67. The van der Waals surface area contributed by atoms with Gasteiger partial charge in [0.2, 0.25) is 0 Å². The number of ether oxygens (including phenoxy) is 1. The van der Waals surface area contributed by atoms with E-state index in [4.69, 9.17) is 4.74 Å². The molecule has 0 radical (unpaired) electrons. The number of aryl methyl sites for hydroxylation is 1. The van der Waals surface area contributed by atoms with Crippen LogP contribution in [0.25, 0.3) is 0 Å². The highest BCUT2D eigenvalue weighted by Gasteiger charge is 2.19. The van der Waals surface area contributed by atoms with E-state index in [9.17, 15) is 14.9 Å². The van der Waals surface area contributed by atoms with E-state index in [0.717, 1.165) is 5.56 Å². The summed E-state index contributed by atoms with van der Waals surface area (Å²) in [7, 11) is 0. The molecule has 0 spiro atoms. The van der Waals surface area contributed by atoms with Crippen molar-refractivity contribution in [3.8, 4) is 5.75 Å². The molecule has 0 saturated carbocycles. The molecule has 1 amide bonds. The number of pyridine rings is 1. The Hall–Kier alpha value is -2.96. The molecule has 22 heavy (non-hydrogen) atoms. The molecule has 2 rings (SSSR count). The predicted octanol–water partition coefficient (Wildman–Crippen LogP) is 2.95. The summed E-state index contributed by atoms with van der Waals surface area (Å²) in [5, 5.41) is 13.7. The summed E-state index contributed by atoms with van der Waals surface area (Å²) in [6.45, 7) is 3.84. The molecule has 0 fully saturated rings. The van der Waals surface area contributed by atoms with E-state index in [2.05, 4.69) is 10.3 Å². The Balaban J connectivity index is 2.28. The van der Waals surface area contributed by atoms with Crippen molar-refractivity contribution in [2.24, 2.45) is 0 Å². The normalized spacial score (nSPS) is 10.1. The van der Waals surface area contributed by atoms with Gasteiger partial charge in [-0.1, -0.05) is 6.07 Å². The number of hydrogen-bond acceptors (Lipinski definition) is 5. The van der Waals surface area contributed by atoms with Crippen LogP contribution in [0.1, 0.15) is 22.8 Å². The second-order valence-electron chi connectivity index (χ2n) is 4.50. The number of rotatable bonds is 5. The fourth-order valence-corrected chi connectivity index (χ4v) is 1.88. The molecular weight excluding hydrogens is 286 g/mol. The molecule has 0 bridgehead atoms. The molecule has 7 heteroatoms. The summed E-state index contributed by atoms with van der Waals surface area (Å²) >= 11 is 0. The first-order valence-corrected chi connectivity index (χ1v) is 6.67. The number of nitrogens with one attached hydrogen (secondary N) is 1. The third kappa shape index (κ3) is 3.38. The van der Waals surface area contributed by atoms with Crippen molar-refractivity contribution in [1.29, 1.82) is 0 Å². The molecule has 114 valence electrons. The van der Waals surface area contributed by atoms with E-state index in [-0.39, 0.29) is 17.0 Å². The summed E-state index contributed by atoms with van der Waals surface area (Å²) in [4.78, 5) is 26.7. The van der Waals surface area contributed by atoms with Crippen LogP contribution in [0.5, 0.6) is 5.75 Å². The summed E-state index contributed by atoms with van der Waals surface area (Å²) in [6, 6.07) is 7.65. The van der Waals surface area contributed by atoms with E-state index < -0.39 is 10.8 Å². The molecule has 0 aliphatic heterocycles. The van der Waals surface area contributed by atoms with Crippen LogP contribution in [0.3, 0.4) is 0 Å². The van der Waals surface area contributed by atoms with Crippen LogP contribution < -0.4 is 10.1 Å². The lowest BCUT2D eigenvalue weighted by Gasteiger charge is -2.08. The molecule has 2 aromatic rings. The van der Waals surface area contributed by atoms with Gasteiger partial charge in [-0.2, -0.15) is 0 Å². The third-order valence-electron chi connectivity index (χ3n) is 2.96. The van der Waals surface area contributed by atoms with Crippen LogP contribution in [0.2, 0.25) is 0 Å². The number of aromatic nitrogens is 1. The Morgan fingerprint density at radius 3 is 2.82 bits per heavy atom. The number of amides is 1. The highest BCUT2D eigenvalue weighted by atomic mass is 16.6. The Labute approximate surface area is 127 Å². The molecule has 7 nitrogen and oxygen atoms in total. The highest BCUT2D eigenvalue weighted by molar-refractivity contribution is 6.04. The molecule has 0 aliphatic carbocycles. The van der Waals surface area contributed by atoms with Crippen molar-refractivity contribution in [3.63, 3.8) is 0 Å². The highest BCUT2D eigenvalue weighted by Crippen LogP contribution is 2.28. The largest absolute Gasteiger partial charge is 0.487 e. The number of nitro groups is 1. The first-order chi connectivity index (χ1) is 10.5. The van der Waals surface area contributed by atoms with Gasteiger partial charge in [-0.3, -0.25) is 14.9 Å². The van der Waals surface area contributed by atoms with Gasteiger partial charge in [-0.15, -0.1) is 0 Å². The Morgan fingerprint density at radius 2 is 2.18 bits per heavy atom. The van der Waals surface area contributed by atoms with Crippen LogP contribution in [0, 0.1) is 17.0 Å². The monoisotopic (exact) mass is 301 g/mol. The molecule has 1 heterocycles. The fourth-order valence-electron chi connectivity index (χ4n) is 1.88. The molecule has 0 aliphatic rings. The smallest absolute Gasteiger partial charge is 0.311 e. The maximum atomic E-state index is 12.2. The number of nitro benzene ring substituents is 1. The number of carbonyl (C=O) groups is 1. The van der Waals surface area contributed by atoms with E-state index in [0.29, 0.717) is 12.4 Å². The van der Waals surface area contributed by atoms with Crippen molar-refractivity contribution >= 4 is 17.4 Å². The minimum Gasteiger partial charge on any atom is -0.487 e. The maximum Gasteiger partial charge on any atom is 0.311 e. The number of benzene rings is 1. The average molecular weight is 301 g/mol. The van der Waals surface area contributed by atoms with Gasteiger partial charge in [0, 0.05) is 17.8 Å². The van der Waals surface area contributed by atoms with Gasteiger partial charge in [0.05, 0.1) is 11.5 Å². The second-order valence-corrected chi connectivity index (χ2v) is 4.50. The van der Waals surface area contributed by atoms with Gasteiger partial charge in [0.25, 0.3) is 5.91 Å². The maximum absolute atomic E-state index is 12.2. The molecule has 1 aromatic heterocycles. The third-order valence-corrected chi connectivity index (χ3v) is 2.96. The van der Waals surface area contributed by atoms with E-state index >= 15 is 0 Å². The van der Waals surface area contributed by atoms with E-state index in [1.165, 1.54) is 18.2 Å². The van der Waals surface area contributed by atoms with E-state index in [1.54, 1.807) is 19.2 Å². The average Bonchev–Trinajstić information content (AvgIpc) is 2.50. The first-order valence-electron chi connectivity index (χ1n) is 6.67. The van der Waals surface area contributed by atoms with Crippen LogP contribution in [-0.2, 0) is 0 Å². The second kappa shape index (κ2) is 6.66. The lowest BCUT2D eigenvalue weighted by atomic mass is 10.1. The molecule has 1 aromatic carbocycles. The summed E-state index contributed by atoms with van der Waals surface area (Å²) in [5.74, 6) is 0.0926. The zero-order valence-electron chi connectivity index (χ0n) is 12.2. The topological polar surface area (TPSA) is 94.4 Å². The summed E-state index contributed by atoms with van der Waals surface area (Å²) in [6.07, 6.45) is 1.56. The zero-order chi connectivity index (χ0) is 16.1. The SMILES string of the molecule is CCOc1ccc(C(=O)Nc2ncccc2C)cc1[N+](=O)[O-]. The molecule has 0 saturated heterocycles. The lowest BCUT2D eigenvalue weighted by molar-refractivity contribution is -0.385. The molecule has 0 unspecified atom stereocenters. The van der Waals surface area contributed by atoms with Crippen molar-refractivity contribution in [3.05, 3.63) is 57.8 Å². The van der Waals surface area contributed by atoms with Gasteiger partial charge in [0.15, 0.2) is 5.75 Å². The Morgan fingerprint density at radius 1 is 1.41 bits per heavy atom. The molecular formula is C15H15N3O4. The molecule has 0 atom stereocenters. The van der Waals surface area contributed by atoms with Crippen molar-refractivity contribution in [1.82, 2.24) is 4.98 Å². The van der Waals surface area contributed by atoms with Gasteiger partial charge in [0.1, 0.15) is 5.82 Å². The minimum absolute atomic E-state index is 0.137. The van der Waals surface area contributed by atoms with Gasteiger partial charge in [-0.25, -0.2) is 4.98 Å². The van der Waals surface area contributed by atoms with Crippen molar-refractivity contribution < 1.29 is 14.5 Å². The lowest BCUT2D eigenvalue weighted by Crippen LogP contribution is -2.14. The summed E-state index contributed by atoms with van der Waals surface area (Å²) in [5.41, 5.74) is 0.726. The van der Waals surface area contributed by atoms with Crippen molar-refractivity contribution in [2.45, 2.75) is 13.8 Å². The standard InChI is InChI=1S/C15H15N3O4/c1-3-22-13-7-6-11(9-12(13)18(20)21)15(19)17-14-10(2)5-4-8-16-14/h4-9H,3H2,1-2H3,(H,16,17,19). The zero-order valence-corrected chi connectivity index (χ0v) is 12.2. The van der Waals surface area contributed by atoms with E-state index in [1.807, 2.05) is 13.0 Å². The Bertz CT molecular complexity index is 716. The number of carbonyl (C=O) groups excluding carboxylic acids is 1. The van der Waals surface area contributed by atoms with Gasteiger partial charge < -0.3 is 10.1 Å². The predicted molar refractivity (Wildman–Crippen MR) is 81.2 cm³/mol. The number of anilines is 1. The van der Waals surface area contributed by atoms with Gasteiger partial charge >= 0.3 is 5.69 Å². The minimum atomic E-state index is -0.576. The van der Waals surface area contributed by atoms with Crippen LogP contribution >= 0.6 is 0 Å².